The molecule has 0 aliphatic carbocycles. The number of carbonyl (C=O) groups excluding carboxylic acids is 1. The van der Waals surface area contributed by atoms with E-state index in [0.29, 0.717) is 10.6 Å². The molecule has 0 spiro atoms. The van der Waals surface area contributed by atoms with Gasteiger partial charge in [0.15, 0.2) is 0 Å². The molecule has 0 saturated carbocycles. The predicted octanol–water partition coefficient (Wildman–Crippen LogP) is 2.53. The zero-order valence-corrected chi connectivity index (χ0v) is 8.72. The van der Waals surface area contributed by atoms with E-state index in [1.165, 1.54) is 0 Å². The largest absolute Gasteiger partial charge is 0.376 e. The van der Waals surface area contributed by atoms with Crippen LogP contribution in [0.4, 0.5) is 5.69 Å². The molecule has 1 rings (SSSR count). The third-order valence-electron chi connectivity index (χ3n) is 2.02. The van der Waals surface area contributed by atoms with Crippen molar-refractivity contribution in [3.8, 4) is 0 Å². The number of benzene rings is 1. The smallest absolute Gasteiger partial charge is 0.150 e. The van der Waals surface area contributed by atoms with Crippen LogP contribution in [0.25, 0.3) is 0 Å². The predicted molar refractivity (Wildman–Crippen MR) is 55.9 cm³/mol. The molecule has 1 aromatic carbocycles. The summed E-state index contributed by atoms with van der Waals surface area (Å²) in [5.74, 6) is 0. The van der Waals surface area contributed by atoms with Crippen LogP contribution in [0.2, 0.25) is 5.02 Å². The van der Waals surface area contributed by atoms with Crippen molar-refractivity contribution >= 4 is 23.6 Å². The van der Waals surface area contributed by atoms with Gasteiger partial charge in [0.1, 0.15) is 6.29 Å². The van der Waals surface area contributed by atoms with E-state index in [9.17, 15) is 4.79 Å². The first kappa shape index (κ1) is 10.1. The molecule has 0 aliphatic heterocycles. The Morgan fingerprint density at radius 3 is 2.46 bits per heavy atom. The first-order chi connectivity index (χ1) is 6.07. The highest BCUT2D eigenvalue weighted by Crippen LogP contribution is 2.29. The van der Waals surface area contributed by atoms with Crippen molar-refractivity contribution in [3.63, 3.8) is 0 Å². The molecule has 1 aromatic rings. The quantitative estimate of drug-likeness (QED) is 0.680. The van der Waals surface area contributed by atoms with Crippen LogP contribution in [0.5, 0.6) is 0 Å². The van der Waals surface area contributed by atoms with Crippen LogP contribution in [-0.2, 0) is 0 Å². The van der Waals surface area contributed by atoms with Gasteiger partial charge in [-0.15, -0.1) is 0 Å². The Hall–Kier alpha value is -1.02. The molecule has 0 heterocycles. The molecule has 0 saturated heterocycles. The Balaban J connectivity index is 3.31. The van der Waals surface area contributed by atoms with Gasteiger partial charge < -0.3 is 4.90 Å². The molecule has 0 atom stereocenters. The van der Waals surface area contributed by atoms with Crippen molar-refractivity contribution in [3.05, 3.63) is 28.3 Å². The maximum absolute atomic E-state index is 10.6. The summed E-state index contributed by atoms with van der Waals surface area (Å²) in [4.78, 5) is 12.5. The zero-order valence-electron chi connectivity index (χ0n) is 7.97. The number of carbonyl (C=O) groups is 1. The summed E-state index contributed by atoms with van der Waals surface area (Å²) in [6, 6.07) is 3.63. The first-order valence-corrected chi connectivity index (χ1v) is 4.37. The molecule has 0 aliphatic rings. The van der Waals surface area contributed by atoms with Crippen LogP contribution in [-0.4, -0.2) is 20.4 Å². The summed E-state index contributed by atoms with van der Waals surface area (Å²) in [6.45, 7) is 1.85. The maximum atomic E-state index is 10.6. The Morgan fingerprint density at radius 2 is 2.00 bits per heavy atom. The standard InChI is InChI=1S/C10H12ClNO/c1-7-8(6-13)4-5-9(10(7)11)12(2)3/h4-6H,1-3H3. The number of halogens is 1. The van der Waals surface area contributed by atoms with Crippen LogP contribution in [0.15, 0.2) is 12.1 Å². The van der Waals surface area contributed by atoms with Gasteiger partial charge in [-0.2, -0.15) is 0 Å². The van der Waals surface area contributed by atoms with E-state index in [2.05, 4.69) is 0 Å². The normalized spacial score (nSPS) is 9.85. The molecule has 0 radical (unpaired) electrons. The van der Waals surface area contributed by atoms with Gasteiger partial charge in [0.2, 0.25) is 0 Å². The Morgan fingerprint density at radius 1 is 1.38 bits per heavy atom. The number of hydrogen-bond donors (Lipinski definition) is 0. The molecule has 0 fully saturated rings. The van der Waals surface area contributed by atoms with Gasteiger partial charge in [0.05, 0.1) is 10.7 Å². The summed E-state index contributed by atoms with van der Waals surface area (Å²) < 4.78 is 0. The third-order valence-corrected chi connectivity index (χ3v) is 2.49. The molecule has 3 heteroatoms. The lowest BCUT2D eigenvalue weighted by molar-refractivity contribution is 0.112. The van der Waals surface area contributed by atoms with E-state index in [-0.39, 0.29) is 0 Å². The lowest BCUT2D eigenvalue weighted by atomic mass is 10.1. The molecule has 0 N–H and O–H groups in total. The molecular weight excluding hydrogens is 186 g/mol. The van der Waals surface area contributed by atoms with Gasteiger partial charge in [-0.3, -0.25) is 4.79 Å². The molecule has 13 heavy (non-hydrogen) atoms. The van der Waals surface area contributed by atoms with E-state index in [1.807, 2.05) is 32.0 Å². The Kier molecular flexibility index (Phi) is 2.94. The monoisotopic (exact) mass is 197 g/mol. The SMILES string of the molecule is Cc1c(C=O)ccc(N(C)C)c1Cl. The van der Waals surface area contributed by atoms with Crippen molar-refractivity contribution < 1.29 is 4.79 Å². The van der Waals surface area contributed by atoms with E-state index >= 15 is 0 Å². The van der Waals surface area contributed by atoms with Gasteiger partial charge in [0.25, 0.3) is 0 Å². The summed E-state index contributed by atoms with van der Waals surface area (Å²) in [6.07, 6.45) is 0.820. The number of anilines is 1. The topological polar surface area (TPSA) is 20.3 Å². The van der Waals surface area contributed by atoms with Crippen molar-refractivity contribution in [1.82, 2.24) is 0 Å². The maximum Gasteiger partial charge on any atom is 0.150 e. The number of rotatable bonds is 2. The van der Waals surface area contributed by atoms with Crippen molar-refractivity contribution in [2.24, 2.45) is 0 Å². The van der Waals surface area contributed by atoms with E-state index in [1.54, 1.807) is 6.07 Å². The summed E-state index contributed by atoms with van der Waals surface area (Å²) in [7, 11) is 3.84. The minimum absolute atomic E-state index is 0.648. The summed E-state index contributed by atoms with van der Waals surface area (Å²) >= 11 is 6.07. The summed E-state index contributed by atoms with van der Waals surface area (Å²) in [5, 5.41) is 0.648. The second-order valence-electron chi connectivity index (χ2n) is 3.13. The van der Waals surface area contributed by atoms with Crippen LogP contribution in [0.3, 0.4) is 0 Å². The van der Waals surface area contributed by atoms with Gasteiger partial charge in [-0.05, 0) is 24.6 Å². The average molecular weight is 198 g/mol. The highest BCUT2D eigenvalue weighted by atomic mass is 35.5. The van der Waals surface area contributed by atoms with E-state index in [0.717, 1.165) is 17.5 Å². The molecule has 0 bridgehead atoms. The lowest BCUT2D eigenvalue weighted by Gasteiger charge is -2.16. The molecule has 2 nitrogen and oxygen atoms in total. The third kappa shape index (κ3) is 1.83. The molecular formula is C10H12ClNO. The molecule has 0 unspecified atom stereocenters. The number of aldehydes is 1. The molecule has 0 aromatic heterocycles. The van der Waals surface area contributed by atoms with Crippen LogP contribution in [0.1, 0.15) is 15.9 Å². The van der Waals surface area contributed by atoms with Gasteiger partial charge in [0, 0.05) is 19.7 Å². The number of nitrogens with zero attached hydrogens (tertiary/aromatic N) is 1. The average Bonchev–Trinajstić information content (AvgIpc) is 2.09. The second-order valence-corrected chi connectivity index (χ2v) is 3.50. The number of hydrogen-bond acceptors (Lipinski definition) is 2. The highest BCUT2D eigenvalue weighted by Gasteiger charge is 2.08. The lowest BCUT2D eigenvalue weighted by Crippen LogP contribution is -2.10. The Bertz CT molecular complexity index is 334. The van der Waals surface area contributed by atoms with Crippen LogP contribution < -0.4 is 4.90 Å². The van der Waals surface area contributed by atoms with Gasteiger partial charge >= 0.3 is 0 Å². The Labute approximate surface area is 83.1 Å². The van der Waals surface area contributed by atoms with Crippen LogP contribution in [0, 0.1) is 6.92 Å². The van der Waals surface area contributed by atoms with Crippen LogP contribution >= 0.6 is 11.6 Å². The fraction of sp³-hybridized carbons (Fsp3) is 0.300. The van der Waals surface area contributed by atoms with Crippen molar-refractivity contribution in [1.29, 1.82) is 0 Å². The van der Waals surface area contributed by atoms with E-state index < -0.39 is 0 Å². The van der Waals surface area contributed by atoms with Gasteiger partial charge in [-0.1, -0.05) is 11.6 Å². The van der Waals surface area contributed by atoms with Crippen molar-refractivity contribution in [2.75, 3.05) is 19.0 Å². The minimum Gasteiger partial charge on any atom is -0.376 e. The second kappa shape index (κ2) is 3.79. The fourth-order valence-electron chi connectivity index (χ4n) is 1.16. The van der Waals surface area contributed by atoms with Gasteiger partial charge in [-0.25, -0.2) is 0 Å². The molecule has 0 amide bonds. The molecule has 70 valence electrons. The fourth-order valence-corrected chi connectivity index (χ4v) is 1.50. The first-order valence-electron chi connectivity index (χ1n) is 3.99. The van der Waals surface area contributed by atoms with Crippen molar-refractivity contribution in [2.45, 2.75) is 6.92 Å². The highest BCUT2D eigenvalue weighted by molar-refractivity contribution is 6.34. The zero-order chi connectivity index (χ0) is 10.0. The van der Waals surface area contributed by atoms with E-state index in [4.69, 9.17) is 11.6 Å². The summed E-state index contributed by atoms with van der Waals surface area (Å²) in [5.41, 5.74) is 2.42. The minimum atomic E-state index is 0.648.